The van der Waals surface area contributed by atoms with Gasteiger partial charge in [-0.3, -0.25) is 0 Å². The minimum Gasteiger partial charge on any atom is -0.420 e. The third-order valence-electron chi connectivity index (χ3n) is 2.81. The van der Waals surface area contributed by atoms with Crippen LogP contribution in [-0.4, -0.2) is 20.8 Å². The molecule has 0 radical (unpaired) electrons. The number of allylic oxidation sites excluding steroid dienone is 2. The van der Waals surface area contributed by atoms with Crippen LogP contribution >= 0.6 is 15.9 Å². The van der Waals surface area contributed by atoms with E-state index in [1.54, 1.807) is 0 Å². The Hall–Kier alpha value is 0.137. The molecular weight excluding hydrogens is 268 g/mol. The molecule has 0 unspecified atom stereocenters. The molecule has 0 saturated carbocycles. The van der Waals surface area contributed by atoms with Crippen LogP contribution in [0.2, 0.25) is 18.1 Å². The first-order valence-corrected chi connectivity index (χ1v) is 9.22. The standard InChI is InChI=1S/C12H23BrOSi/c1-4-6-10-15(14-3,11-7-5-2)12-8-9-13/h4-5H,1-2,6-12H2,3H3. The van der Waals surface area contributed by atoms with Crippen molar-refractivity contribution in [3.05, 3.63) is 25.3 Å². The highest BCUT2D eigenvalue weighted by Crippen LogP contribution is 2.27. The molecule has 0 aliphatic carbocycles. The maximum Gasteiger partial charge on any atom is 0.192 e. The summed E-state index contributed by atoms with van der Waals surface area (Å²) in [6.07, 6.45) is 7.39. The van der Waals surface area contributed by atoms with Gasteiger partial charge in [-0.2, -0.15) is 0 Å². The molecule has 3 heteroatoms. The Balaban J connectivity index is 4.28. The van der Waals surface area contributed by atoms with Crippen LogP contribution in [0.1, 0.15) is 19.3 Å². The Morgan fingerprint density at radius 3 is 2.00 bits per heavy atom. The van der Waals surface area contributed by atoms with Crippen LogP contribution in [0.4, 0.5) is 0 Å². The van der Waals surface area contributed by atoms with Crippen molar-refractivity contribution in [2.45, 2.75) is 37.4 Å². The third kappa shape index (κ3) is 6.33. The average Bonchev–Trinajstić information content (AvgIpc) is 2.29. The van der Waals surface area contributed by atoms with Crippen LogP contribution < -0.4 is 0 Å². The molecule has 0 spiro atoms. The largest absolute Gasteiger partial charge is 0.420 e. The summed E-state index contributed by atoms with van der Waals surface area (Å²) < 4.78 is 5.87. The SMILES string of the molecule is C=CCC[Si](CCC=C)(CCCBr)OC. The summed E-state index contributed by atoms with van der Waals surface area (Å²) in [7, 11) is 0.377. The van der Waals surface area contributed by atoms with E-state index in [1.807, 2.05) is 19.3 Å². The zero-order valence-corrected chi connectivity index (χ0v) is 12.4. The highest BCUT2D eigenvalue weighted by molar-refractivity contribution is 9.09. The molecule has 88 valence electrons. The van der Waals surface area contributed by atoms with Gasteiger partial charge in [-0.05, 0) is 37.4 Å². The average molecular weight is 291 g/mol. The summed E-state index contributed by atoms with van der Waals surface area (Å²) in [5, 5.41) is 1.08. The molecule has 0 amide bonds. The lowest BCUT2D eigenvalue weighted by molar-refractivity contribution is 0.388. The molecule has 0 aromatic rings. The molecule has 0 atom stereocenters. The number of hydrogen-bond donors (Lipinski definition) is 0. The van der Waals surface area contributed by atoms with Crippen LogP contribution in [0.5, 0.6) is 0 Å². The molecular formula is C12H23BrOSi. The van der Waals surface area contributed by atoms with Crippen molar-refractivity contribution in [3.8, 4) is 0 Å². The first-order valence-electron chi connectivity index (χ1n) is 5.57. The highest BCUT2D eigenvalue weighted by atomic mass is 79.9. The zero-order chi connectivity index (χ0) is 11.6. The van der Waals surface area contributed by atoms with E-state index in [2.05, 4.69) is 29.1 Å². The summed E-state index contributed by atoms with van der Waals surface area (Å²) in [4.78, 5) is 0. The van der Waals surface area contributed by atoms with Crippen molar-refractivity contribution >= 4 is 24.2 Å². The van der Waals surface area contributed by atoms with Gasteiger partial charge in [0.05, 0.1) is 0 Å². The summed E-state index contributed by atoms with van der Waals surface area (Å²) in [6.45, 7) is 7.59. The van der Waals surface area contributed by atoms with Gasteiger partial charge in [0, 0.05) is 12.4 Å². The molecule has 0 fully saturated rings. The topological polar surface area (TPSA) is 9.23 Å². The minimum absolute atomic E-state index is 1.08. The molecule has 0 aliphatic rings. The number of alkyl halides is 1. The Morgan fingerprint density at radius 2 is 1.67 bits per heavy atom. The molecule has 0 aromatic heterocycles. The van der Waals surface area contributed by atoms with E-state index in [-0.39, 0.29) is 0 Å². The van der Waals surface area contributed by atoms with Crippen LogP contribution in [0.15, 0.2) is 25.3 Å². The van der Waals surface area contributed by atoms with Gasteiger partial charge in [-0.1, -0.05) is 28.1 Å². The monoisotopic (exact) mass is 290 g/mol. The molecule has 0 aromatic carbocycles. The minimum atomic E-state index is -1.50. The quantitative estimate of drug-likeness (QED) is 0.327. The third-order valence-corrected chi connectivity index (χ3v) is 7.90. The summed E-state index contributed by atoms with van der Waals surface area (Å²) >= 11 is 3.49. The van der Waals surface area contributed by atoms with Crippen LogP contribution in [0.25, 0.3) is 0 Å². The van der Waals surface area contributed by atoms with E-state index in [0.29, 0.717) is 0 Å². The fourth-order valence-corrected chi connectivity index (χ4v) is 6.24. The van der Waals surface area contributed by atoms with Crippen LogP contribution in [-0.2, 0) is 4.43 Å². The fourth-order valence-electron chi connectivity index (χ4n) is 1.80. The number of rotatable bonds is 10. The Kier molecular flexibility index (Phi) is 9.45. The summed E-state index contributed by atoms with van der Waals surface area (Å²) in [5.74, 6) is 0. The molecule has 0 heterocycles. The molecule has 1 nitrogen and oxygen atoms in total. The van der Waals surface area contributed by atoms with Crippen molar-refractivity contribution < 1.29 is 4.43 Å². The molecule has 0 saturated heterocycles. The van der Waals surface area contributed by atoms with Crippen molar-refractivity contribution in [1.82, 2.24) is 0 Å². The molecule has 0 N–H and O–H groups in total. The predicted molar refractivity (Wildman–Crippen MR) is 75.2 cm³/mol. The smallest absolute Gasteiger partial charge is 0.192 e. The summed E-state index contributed by atoms with van der Waals surface area (Å²) in [5.41, 5.74) is 0. The molecule has 0 aliphatic heterocycles. The van der Waals surface area contributed by atoms with Crippen molar-refractivity contribution in [2.75, 3.05) is 12.4 Å². The van der Waals surface area contributed by atoms with Crippen molar-refractivity contribution in [3.63, 3.8) is 0 Å². The van der Waals surface area contributed by atoms with Gasteiger partial charge in [-0.25, -0.2) is 0 Å². The first-order chi connectivity index (χ1) is 7.24. The normalized spacial score (nSPS) is 11.3. The van der Waals surface area contributed by atoms with Gasteiger partial charge in [0.15, 0.2) is 8.32 Å². The number of halogens is 1. The van der Waals surface area contributed by atoms with Crippen molar-refractivity contribution in [2.24, 2.45) is 0 Å². The van der Waals surface area contributed by atoms with E-state index >= 15 is 0 Å². The second-order valence-corrected chi connectivity index (χ2v) is 8.90. The van der Waals surface area contributed by atoms with E-state index in [0.717, 1.165) is 18.2 Å². The second-order valence-electron chi connectivity index (χ2n) is 3.83. The maximum atomic E-state index is 5.87. The number of hydrogen-bond acceptors (Lipinski definition) is 1. The fraction of sp³-hybridized carbons (Fsp3) is 0.667. The molecule has 0 rings (SSSR count). The molecule has 15 heavy (non-hydrogen) atoms. The van der Waals surface area contributed by atoms with E-state index < -0.39 is 8.32 Å². The van der Waals surface area contributed by atoms with E-state index in [9.17, 15) is 0 Å². The van der Waals surface area contributed by atoms with Crippen LogP contribution in [0, 0.1) is 0 Å². The lowest BCUT2D eigenvalue weighted by atomic mass is 10.5. The lowest BCUT2D eigenvalue weighted by Crippen LogP contribution is -2.36. The van der Waals surface area contributed by atoms with Gasteiger partial charge in [0.25, 0.3) is 0 Å². The van der Waals surface area contributed by atoms with E-state index in [1.165, 1.54) is 24.6 Å². The van der Waals surface area contributed by atoms with Crippen LogP contribution in [0.3, 0.4) is 0 Å². The lowest BCUT2D eigenvalue weighted by Gasteiger charge is -2.29. The van der Waals surface area contributed by atoms with Crippen molar-refractivity contribution in [1.29, 1.82) is 0 Å². The van der Waals surface area contributed by atoms with Gasteiger partial charge in [-0.15, -0.1) is 13.2 Å². The van der Waals surface area contributed by atoms with Gasteiger partial charge < -0.3 is 4.43 Å². The summed E-state index contributed by atoms with van der Waals surface area (Å²) in [6, 6.07) is 3.65. The highest BCUT2D eigenvalue weighted by Gasteiger charge is 2.31. The first kappa shape index (κ1) is 15.1. The van der Waals surface area contributed by atoms with Gasteiger partial charge >= 0.3 is 0 Å². The zero-order valence-electron chi connectivity index (χ0n) is 9.80. The molecule has 0 bridgehead atoms. The Bertz CT molecular complexity index is 170. The predicted octanol–water partition coefficient (Wildman–Crippen LogP) is 4.52. The van der Waals surface area contributed by atoms with E-state index in [4.69, 9.17) is 4.43 Å². The Morgan fingerprint density at radius 1 is 1.13 bits per heavy atom. The Labute approximate surface area is 104 Å². The maximum absolute atomic E-state index is 5.87. The van der Waals surface area contributed by atoms with Gasteiger partial charge in [0.1, 0.15) is 0 Å². The van der Waals surface area contributed by atoms with Gasteiger partial charge in [0.2, 0.25) is 0 Å². The second kappa shape index (κ2) is 9.37.